The summed E-state index contributed by atoms with van der Waals surface area (Å²) in [6, 6.07) is 17.0. The first-order chi connectivity index (χ1) is 14.8. The van der Waals surface area contributed by atoms with Crippen LogP contribution in [0.2, 0.25) is 0 Å². The standard InChI is InChI=1S/C21H14N6O2S/c28-19(24-16-8-6-14(7-9-16)20-26-22-13-29-20)18-12-30-21(25-18)15-10-23-27(11-15)17-4-2-1-3-5-17/h1-13H,(H,24,28). The zero-order valence-corrected chi connectivity index (χ0v) is 16.3. The summed E-state index contributed by atoms with van der Waals surface area (Å²) in [5.41, 5.74) is 3.59. The van der Waals surface area contributed by atoms with Crippen LogP contribution in [0, 0.1) is 0 Å². The number of rotatable bonds is 5. The third-order valence-electron chi connectivity index (χ3n) is 4.34. The third kappa shape index (κ3) is 3.61. The Morgan fingerprint density at radius 3 is 2.63 bits per heavy atom. The van der Waals surface area contributed by atoms with Gasteiger partial charge in [-0.2, -0.15) is 5.10 Å². The Kier molecular flexibility index (Phi) is 4.62. The molecule has 1 amide bonds. The predicted octanol–water partition coefficient (Wildman–Crippen LogP) is 4.30. The summed E-state index contributed by atoms with van der Waals surface area (Å²) in [4.78, 5) is 17.0. The summed E-state index contributed by atoms with van der Waals surface area (Å²) < 4.78 is 6.94. The van der Waals surface area contributed by atoms with Crippen molar-refractivity contribution in [2.75, 3.05) is 5.32 Å². The van der Waals surface area contributed by atoms with Gasteiger partial charge in [-0.3, -0.25) is 4.79 Å². The number of amides is 1. The van der Waals surface area contributed by atoms with Crippen LogP contribution >= 0.6 is 11.3 Å². The second kappa shape index (κ2) is 7.72. The monoisotopic (exact) mass is 414 g/mol. The number of para-hydroxylation sites is 1. The van der Waals surface area contributed by atoms with Gasteiger partial charge in [0.15, 0.2) is 0 Å². The van der Waals surface area contributed by atoms with E-state index in [0.29, 0.717) is 17.3 Å². The molecule has 0 bridgehead atoms. The number of nitrogens with one attached hydrogen (secondary N) is 1. The Bertz CT molecular complexity index is 1280. The molecule has 0 aliphatic rings. The van der Waals surface area contributed by atoms with Gasteiger partial charge in [-0.15, -0.1) is 21.5 Å². The minimum atomic E-state index is -0.279. The largest absolute Gasteiger partial charge is 0.423 e. The number of hydrogen-bond donors (Lipinski definition) is 1. The van der Waals surface area contributed by atoms with E-state index in [1.54, 1.807) is 40.5 Å². The van der Waals surface area contributed by atoms with Gasteiger partial charge in [0.25, 0.3) is 5.91 Å². The van der Waals surface area contributed by atoms with Crippen molar-refractivity contribution in [3.8, 4) is 27.7 Å². The van der Waals surface area contributed by atoms with E-state index in [1.807, 2.05) is 36.5 Å². The molecule has 0 fully saturated rings. The Hall–Kier alpha value is -4.11. The van der Waals surface area contributed by atoms with Crippen LogP contribution < -0.4 is 5.32 Å². The number of benzene rings is 2. The number of carbonyl (C=O) groups excluding carboxylic acids is 1. The van der Waals surface area contributed by atoms with Crippen molar-refractivity contribution in [1.29, 1.82) is 0 Å². The van der Waals surface area contributed by atoms with E-state index >= 15 is 0 Å². The highest BCUT2D eigenvalue weighted by atomic mass is 32.1. The maximum absolute atomic E-state index is 12.6. The molecule has 30 heavy (non-hydrogen) atoms. The molecule has 0 saturated heterocycles. The van der Waals surface area contributed by atoms with Crippen molar-refractivity contribution in [3.63, 3.8) is 0 Å². The SMILES string of the molecule is O=C(Nc1ccc(-c2nnco2)cc1)c1csc(-c2cnn(-c3ccccc3)c2)n1. The number of thiazole rings is 1. The normalized spacial score (nSPS) is 10.8. The molecule has 0 spiro atoms. The highest BCUT2D eigenvalue weighted by Gasteiger charge is 2.14. The molecule has 2 aromatic carbocycles. The van der Waals surface area contributed by atoms with Gasteiger partial charge in [-0.1, -0.05) is 18.2 Å². The lowest BCUT2D eigenvalue weighted by Gasteiger charge is -2.03. The number of carbonyl (C=O) groups is 1. The fourth-order valence-electron chi connectivity index (χ4n) is 2.86. The highest BCUT2D eigenvalue weighted by Crippen LogP contribution is 2.25. The predicted molar refractivity (Wildman–Crippen MR) is 112 cm³/mol. The van der Waals surface area contributed by atoms with Crippen molar-refractivity contribution in [3.05, 3.63) is 84.5 Å². The van der Waals surface area contributed by atoms with E-state index in [-0.39, 0.29) is 5.91 Å². The van der Waals surface area contributed by atoms with E-state index in [4.69, 9.17) is 4.42 Å². The first-order valence-electron chi connectivity index (χ1n) is 9.00. The number of aromatic nitrogens is 5. The molecule has 0 atom stereocenters. The van der Waals surface area contributed by atoms with Crippen LogP contribution in [0.25, 0.3) is 27.7 Å². The lowest BCUT2D eigenvalue weighted by molar-refractivity contribution is 0.102. The Morgan fingerprint density at radius 2 is 1.87 bits per heavy atom. The molecule has 146 valence electrons. The first kappa shape index (κ1) is 18.0. The van der Waals surface area contributed by atoms with Gasteiger partial charge in [0.2, 0.25) is 12.3 Å². The van der Waals surface area contributed by atoms with E-state index in [2.05, 4.69) is 25.6 Å². The first-order valence-corrected chi connectivity index (χ1v) is 9.88. The summed E-state index contributed by atoms with van der Waals surface area (Å²) in [5.74, 6) is 0.145. The molecule has 0 saturated carbocycles. The maximum atomic E-state index is 12.6. The average Bonchev–Trinajstić information content (AvgIpc) is 3.56. The maximum Gasteiger partial charge on any atom is 0.275 e. The minimum absolute atomic E-state index is 0.279. The quantitative estimate of drug-likeness (QED) is 0.460. The summed E-state index contributed by atoms with van der Waals surface area (Å²) in [7, 11) is 0. The molecular weight excluding hydrogens is 400 g/mol. The van der Waals surface area contributed by atoms with Gasteiger partial charge in [0.05, 0.1) is 11.9 Å². The molecule has 5 aromatic rings. The molecule has 0 unspecified atom stereocenters. The fourth-order valence-corrected chi connectivity index (χ4v) is 3.63. The Morgan fingerprint density at radius 1 is 1.03 bits per heavy atom. The van der Waals surface area contributed by atoms with Crippen LogP contribution in [0.3, 0.4) is 0 Å². The molecule has 0 aliphatic heterocycles. The van der Waals surface area contributed by atoms with Crippen LogP contribution in [0.15, 0.2) is 83.2 Å². The van der Waals surface area contributed by atoms with E-state index in [9.17, 15) is 4.79 Å². The van der Waals surface area contributed by atoms with Gasteiger partial charge in [-0.05, 0) is 36.4 Å². The van der Waals surface area contributed by atoms with Gasteiger partial charge in [0.1, 0.15) is 10.7 Å². The topological polar surface area (TPSA) is 98.7 Å². The van der Waals surface area contributed by atoms with Crippen molar-refractivity contribution >= 4 is 22.9 Å². The number of nitrogens with zero attached hydrogens (tertiary/aromatic N) is 5. The van der Waals surface area contributed by atoms with Crippen LogP contribution in [0.5, 0.6) is 0 Å². The summed E-state index contributed by atoms with van der Waals surface area (Å²) in [5, 5.41) is 17.2. The van der Waals surface area contributed by atoms with E-state index in [0.717, 1.165) is 21.8 Å². The lowest BCUT2D eigenvalue weighted by Crippen LogP contribution is -2.12. The van der Waals surface area contributed by atoms with Crippen molar-refractivity contribution in [1.82, 2.24) is 25.0 Å². The van der Waals surface area contributed by atoms with Crippen LogP contribution in [0.4, 0.5) is 5.69 Å². The molecule has 0 aliphatic carbocycles. The summed E-state index contributed by atoms with van der Waals surface area (Å²) in [6.45, 7) is 0. The van der Waals surface area contributed by atoms with Gasteiger partial charge >= 0.3 is 0 Å². The number of hydrogen-bond acceptors (Lipinski definition) is 7. The molecule has 5 rings (SSSR count). The highest BCUT2D eigenvalue weighted by molar-refractivity contribution is 7.13. The van der Waals surface area contributed by atoms with Crippen molar-refractivity contribution in [2.24, 2.45) is 0 Å². The molecule has 1 N–H and O–H groups in total. The second-order valence-corrected chi connectivity index (χ2v) is 7.18. The minimum Gasteiger partial charge on any atom is -0.423 e. The van der Waals surface area contributed by atoms with Crippen LogP contribution in [-0.4, -0.2) is 30.9 Å². The van der Waals surface area contributed by atoms with E-state index < -0.39 is 0 Å². The molecule has 0 radical (unpaired) electrons. The molecular formula is C21H14N6O2S. The molecule has 3 aromatic heterocycles. The average molecular weight is 414 g/mol. The summed E-state index contributed by atoms with van der Waals surface area (Å²) >= 11 is 1.40. The zero-order chi connectivity index (χ0) is 20.3. The summed E-state index contributed by atoms with van der Waals surface area (Å²) in [6.07, 6.45) is 4.91. The second-order valence-electron chi connectivity index (χ2n) is 6.32. The number of anilines is 1. The molecule has 9 heteroatoms. The Labute approximate surface area is 174 Å². The molecule has 8 nitrogen and oxygen atoms in total. The third-order valence-corrected chi connectivity index (χ3v) is 5.23. The van der Waals surface area contributed by atoms with E-state index in [1.165, 1.54) is 17.7 Å². The smallest absolute Gasteiger partial charge is 0.275 e. The lowest BCUT2D eigenvalue weighted by atomic mass is 10.2. The van der Waals surface area contributed by atoms with Crippen LogP contribution in [-0.2, 0) is 0 Å². The zero-order valence-electron chi connectivity index (χ0n) is 15.5. The van der Waals surface area contributed by atoms with Gasteiger partial charge in [-0.25, -0.2) is 9.67 Å². The molecule has 3 heterocycles. The van der Waals surface area contributed by atoms with Gasteiger partial charge < -0.3 is 9.73 Å². The fraction of sp³-hybridized carbons (Fsp3) is 0. The van der Waals surface area contributed by atoms with Gasteiger partial charge in [0, 0.05) is 28.4 Å². The Balaban J connectivity index is 1.29. The van der Waals surface area contributed by atoms with Crippen LogP contribution in [0.1, 0.15) is 10.5 Å². The van der Waals surface area contributed by atoms with Crippen molar-refractivity contribution in [2.45, 2.75) is 0 Å². The van der Waals surface area contributed by atoms with Crippen molar-refractivity contribution < 1.29 is 9.21 Å².